The lowest BCUT2D eigenvalue weighted by molar-refractivity contribution is -0.122. The molecule has 94 valence electrons. The van der Waals surface area contributed by atoms with Crippen molar-refractivity contribution in [2.45, 2.75) is 39.2 Å². The summed E-state index contributed by atoms with van der Waals surface area (Å²) >= 11 is 0. The van der Waals surface area contributed by atoms with E-state index in [0.29, 0.717) is 0 Å². The second kappa shape index (κ2) is 5.82. The number of amides is 1. The summed E-state index contributed by atoms with van der Waals surface area (Å²) < 4.78 is 0. The van der Waals surface area contributed by atoms with Gasteiger partial charge in [-0.1, -0.05) is 31.5 Å². The van der Waals surface area contributed by atoms with Crippen molar-refractivity contribution in [1.29, 1.82) is 0 Å². The van der Waals surface area contributed by atoms with Gasteiger partial charge in [-0.25, -0.2) is 0 Å². The summed E-state index contributed by atoms with van der Waals surface area (Å²) in [4.78, 5) is 14.1. The molecule has 1 aromatic carbocycles. The highest BCUT2D eigenvalue weighted by Crippen LogP contribution is 2.17. The van der Waals surface area contributed by atoms with E-state index in [1.54, 1.807) is 18.7 Å². The number of nitrogens with two attached hydrogens (primary N) is 1. The van der Waals surface area contributed by atoms with Crippen LogP contribution in [0.2, 0.25) is 0 Å². The van der Waals surface area contributed by atoms with Gasteiger partial charge in [-0.3, -0.25) is 4.79 Å². The van der Waals surface area contributed by atoms with Crippen LogP contribution in [-0.2, 0) is 4.79 Å². The van der Waals surface area contributed by atoms with Crippen LogP contribution >= 0.6 is 0 Å². The lowest BCUT2D eigenvalue weighted by atomic mass is 10.0. The van der Waals surface area contributed by atoms with E-state index < -0.39 is 5.54 Å². The van der Waals surface area contributed by atoms with Crippen LogP contribution in [-0.4, -0.2) is 18.0 Å². The predicted molar refractivity (Wildman–Crippen MR) is 72.0 cm³/mol. The molecule has 0 saturated heterocycles. The summed E-state index contributed by atoms with van der Waals surface area (Å²) in [5.41, 5.74) is 5.99. The average Bonchev–Trinajstić information content (AvgIpc) is 2.29. The zero-order valence-corrected chi connectivity index (χ0v) is 10.9. The van der Waals surface area contributed by atoms with Gasteiger partial charge in [0, 0.05) is 12.2 Å². The number of carbonyl (C=O) groups is 1. The van der Waals surface area contributed by atoms with E-state index >= 15 is 0 Å². The Labute approximate surface area is 104 Å². The molecule has 0 heterocycles. The molecule has 1 rings (SSSR count). The van der Waals surface area contributed by atoms with E-state index in [1.165, 1.54) is 0 Å². The van der Waals surface area contributed by atoms with E-state index in [4.69, 9.17) is 5.73 Å². The maximum Gasteiger partial charge on any atom is 0.246 e. The molecule has 0 fully saturated rings. The third-order valence-corrected chi connectivity index (χ3v) is 2.60. The van der Waals surface area contributed by atoms with Crippen molar-refractivity contribution in [3.8, 4) is 0 Å². The number of rotatable bonds is 5. The summed E-state index contributed by atoms with van der Waals surface area (Å²) in [6, 6.07) is 9.70. The van der Waals surface area contributed by atoms with Crippen molar-refractivity contribution in [2.24, 2.45) is 5.73 Å². The highest BCUT2D eigenvalue weighted by atomic mass is 16.2. The van der Waals surface area contributed by atoms with Crippen molar-refractivity contribution in [2.75, 3.05) is 11.4 Å². The molecule has 0 unspecified atom stereocenters. The Morgan fingerprint density at radius 3 is 2.35 bits per heavy atom. The molecule has 0 aliphatic heterocycles. The molecule has 3 heteroatoms. The number of carbonyl (C=O) groups excluding carboxylic acids is 1. The van der Waals surface area contributed by atoms with E-state index in [2.05, 4.69) is 6.92 Å². The van der Waals surface area contributed by atoms with Crippen LogP contribution < -0.4 is 10.6 Å². The minimum Gasteiger partial charge on any atom is -0.318 e. The monoisotopic (exact) mass is 234 g/mol. The first-order valence-corrected chi connectivity index (χ1v) is 6.12. The first-order chi connectivity index (χ1) is 7.96. The van der Waals surface area contributed by atoms with E-state index in [-0.39, 0.29) is 5.91 Å². The maximum atomic E-state index is 12.3. The van der Waals surface area contributed by atoms with Gasteiger partial charge >= 0.3 is 0 Å². The van der Waals surface area contributed by atoms with Gasteiger partial charge in [-0.2, -0.15) is 0 Å². The van der Waals surface area contributed by atoms with Gasteiger partial charge < -0.3 is 10.6 Å². The molecule has 1 amide bonds. The van der Waals surface area contributed by atoms with Gasteiger partial charge in [0.1, 0.15) is 0 Å². The lowest BCUT2D eigenvalue weighted by Crippen LogP contribution is -2.51. The van der Waals surface area contributed by atoms with E-state index in [9.17, 15) is 4.79 Å². The summed E-state index contributed by atoms with van der Waals surface area (Å²) in [7, 11) is 0. The summed E-state index contributed by atoms with van der Waals surface area (Å²) in [5.74, 6) is -0.0304. The number of unbranched alkanes of at least 4 members (excludes halogenated alkanes) is 1. The van der Waals surface area contributed by atoms with Gasteiger partial charge in [0.15, 0.2) is 0 Å². The number of nitrogens with zero attached hydrogens (tertiary/aromatic N) is 1. The van der Waals surface area contributed by atoms with Gasteiger partial charge in [0.25, 0.3) is 0 Å². The van der Waals surface area contributed by atoms with Crippen LogP contribution in [0.4, 0.5) is 5.69 Å². The first-order valence-electron chi connectivity index (χ1n) is 6.12. The Bertz CT molecular complexity index is 354. The molecule has 0 aliphatic carbocycles. The molecule has 3 nitrogen and oxygen atoms in total. The van der Waals surface area contributed by atoms with Crippen molar-refractivity contribution in [3.63, 3.8) is 0 Å². The largest absolute Gasteiger partial charge is 0.318 e. The Balaban J connectivity index is 2.92. The fraction of sp³-hybridized carbons (Fsp3) is 0.500. The van der Waals surface area contributed by atoms with Crippen molar-refractivity contribution < 1.29 is 4.79 Å². The number of hydrogen-bond acceptors (Lipinski definition) is 2. The molecular formula is C14H22N2O. The second-order valence-electron chi connectivity index (χ2n) is 4.87. The molecule has 0 saturated carbocycles. The molecule has 0 radical (unpaired) electrons. The fourth-order valence-corrected chi connectivity index (χ4v) is 1.62. The highest BCUT2D eigenvalue weighted by Gasteiger charge is 2.28. The number of anilines is 1. The van der Waals surface area contributed by atoms with Gasteiger partial charge in [0.2, 0.25) is 5.91 Å². The predicted octanol–water partition coefficient (Wildman–Crippen LogP) is 2.56. The van der Waals surface area contributed by atoms with Gasteiger partial charge in [0.05, 0.1) is 5.54 Å². The van der Waals surface area contributed by atoms with Gasteiger partial charge in [-0.15, -0.1) is 0 Å². The van der Waals surface area contributed by atoms with Crippen molar-refractivity contribution >= 4 is 11.6 Å². The van der Waals surface area contributed by atoms with Crippen LogP contribution in [0.3, 0.4) is 0 Å². The minimum absolute atomic E-state index is 0.0304. The van der Waals surface area contributed by atoms with Crippen LogP contribution in [0.1, 0.15) is 33.6 Å². The van der Waals surface area contributed by atoms with Gasteiger partial charge in [-0.05, 0) is 32.4 Å². The summed E-state index contributed by atoms with van der Waals surface area (Å²) in [6.07, 6.45) is 2.04. The van der Waals surface area contributed by atoms with Crippen LogP contribution in [0.25, 0.3) is 0 Å². The third kappa shape index (κ3) is 3.86. The summed E-state index contributed by atoms with van der Waals surface area (Å²) in [6.45, 7) is 6.33. The molecule has 0 atom stereocenters. The molecule has 0 spiro atoms. The van der Waals surface area contributed by atoms with Crippen LogP contribution in [0, 0.1) is 0 Å². The van der Waals surface area contributed by atoms with E-state index in [1.807, 2.05) is 30.3 Å². The maximum absolute atomic E-state index is 12.3. The number of benzene rings is 1. The summed E-state index contributed by atoms with van der Waals surface area (Å²) in [5, 5.41) is 0. The SMILES string of the molecule is CCCCN(C(=O)C(C)(C)N)c1ccccc1. The Hall–Kier alpha value is -1.35. The number of hydrogen-bond donors (Lipinski definition) is 1. The first kappa shape index (κ1) is 13.7. The molecule has 0 aliphatic rings. The zero-order valence-electron chi connectivity index (χ0n) is 10.9. The average molecular weight is 234 g/mol. The topological polar surface area (TPSA) is 46.3 Å². The Morgan fingerprint density at radius 1 is 1.29 bits per heavy atom. The smallest absolute Gasteiger partial charge is 0.246 e. The molecule has 0 aromatic heterocycles. The molecule has 0 bridgehead atoms. The Morgan fingerprint density at radius 2 is 1.88 bits per heavy atom. The lowest BCUT2D eigenvalue weighted by Gasteiger charge is -2.29. The van der Waals surface area contributed by atoms with E-state index in [0.717, 1.165) is 25.1 Å². The highest BCUT2D eigenvalue weighted by molar-refractivity contribution is 5.99. The molecule has 1 aromatic rings. The standard InChI is InChI=1S/C14H22N2O/c1-4-5-11-16(13(17)14(2,3)15)12-9-7-6-8-10-12/h6-10H,4-5,11,15H2,1-3H3. The quantitative estimate of drug-likeness (QED) is 0.851. The minimum atomic E-state index is -0.830. The molecular weight excluding hydrogens is 212 g/mol. The number of para-hydroxylation sites is 1. The second-order valence-corrected chi connectivity index (χ2v) is 4.87. The molecule has 2 N–H and O–H groups in total. The molecule has 17 heavy (non-hydrogen) atoms. The Kier molecular flexibility index (Phi) is 4.70. The normalized spacial score (nSPS) is 11.3. The van der Waals surface area contributed by atoms with Crippen LogP contribution in [0.15, 0.2) is 30.3 Å². The van der Waals surface area contributed by atoms with Crippen molar-refractivity contribution in [3.05, 3.63) is 30.3 Å². The third-order valence-electron chi connectivity index (χ3n) is 2.60. The fourth-order valence-electron chi connectivity index (χ4n) is 1.62. The zero-order chi connectivity index (χ0) is 12.9. The van der Waals surface area contributed by atoms with Crippen LogP contribution in [0.5, 0.6) is 0 Å². The van der Waals surface area contributed by atoms with Crippen molar-refractivity contribution in [1.82, 2.24) is 0 Å².